The van der Waals surface area contributed by atoms with E-state index in [9.17, 15) is 9.90 Å². The van der Waals surface area contributed by atoms with Crippen molar-refractivity contribution in [1.29, 1.82) is 0 Å². The number of likely N-dealkylation sites (N-methyl/N-ethyl adjacent to an activating group) is 1. The number of methoxy groups -OCH3 is 1. The molecule has 104 valence electrons. The van der Waals surface area contributed by atoms with Crippen LogP contribution in [0.15, 0.2) is 29.8 Å². The lowest BCUT2D eigenvalue weighted by atomic mass is 10.1. The van der Waals surface area contributed by atoms with Gasteiger partial charge in [-0.1, -0.05) is 12.1 Å². The Kier molecular flexibility index (Phi) is 5.42. The van der Waals surface area contributed by atoms with Crippen LogP contribution in [0.1, 0.15) is 19.4 Å². The molecule has 1 rings (SSSR count). The van der Waals surface area contributed by atoms with Crippen molar-refractivity contribution in [3.05, 3.63) is 35.4 Å². The summed E-state index contributed by atoms with van der Waals surface area (Å²) in [5, 5.41) is 9.57. The maximum Gasteiger partial charge on any atom is 0.333 e. The van der Waals surface area contributed by atoms with Gasteiger partial charge in [-0.05, 0) is 32.4 Å². The van der Waals surface area contributed by atoms with Crippen LogP contribution in [0.2, 0.25) is 0 Å². The zero-order valence-corrected chi connectivity index (χ0v) is 11.9. The first-order valence-electron chi connectivity index (χ1n) is 6.29. The van der Waals surface area contributed by atoms with E-state index in [1.807, 2.05) is 26.0 Å². The molecule has 0 fully saturated rings. The minimum absolute atomic E-state index is 0.243. The maximum absolute atomic E-state index is 11.3. The number of nitrogens with zero attached hydrogens (tertiary/aromatic N) is 1. The van der Waals surface area contributed by atoms with Gasteiger partial charge in [0.25, 0.3) is 0 Å². The molecule has 0 saturated carbocycles. The Morgan fingerprint density at radius 2 is 2.16 bits per heavy atom. The van der Waals surface area contributed by atoms with Crippen LogP contribution in [0, 0.1) is 6.92 Å². The molecule has 0 aliphatic carbocycles. The average molecular weight is 263 g/mol. The third kappa shape index (κ3) is 4.02. The molecule has 19 heavy (non-hydrogen) atoms. The van der Waals surface area contributed by atoms with Gasteiger partial charge in [-0.15, -0.1) is 0 Å². The molecule has 0 radical (unpaired) electrons. The number of phenols is 1. The van der Waals surface area contributed by atoms with Gasteiger partial charge in [-0.2, -0.15) is 0 Å². The van der Waals surface area contributed by atoms with E-state index in [1.54, 1.807) is 19.1 Å². The van der Waals surface area contributed by atoms with Crippen LogP contribution in [0.4, 0.5) is 5.69 Å². The van der Waals surface area contributed by atoms with Crippen molar-refractivity contribution in [1.82, 2.24) is 0 Å². The second-order valence-electron chi connectivity index (χ2n) is 4.39. The second-order valence-corrected chi connectivity index (χ2v) is 4.39. The third-order valence-electron chi connectivity index (χ3n) is 3.04. The van der Waals surface area contributed by atoms with Crippen molar-refractivity contribution in [2.24, 2.45) is 0 Å². The second kappa shape index (κ2) is 6.83. The quantitative estimate of drug-likeness (QED) is 0.655. The molecule has 0 spiro atoms. The first-order chi connectivity index (χ1) is 8.99. The number of hydrogen-bond donors (Lipinski definition) is 1. The lowest BCUT2D eigenvalue weighted by Gasteiger charge is -2.23. The summed E-state index contributed by atoms with van der Waals surface area (Å²) in [6, 6.07) is 5.28. The fourth-order valence-corrected chi connectivity index (χ4v) is 1.83. The summed E-state index contributed by atoms with van der Waals surface area (Å²) in [4.78, 5) is 13.4. The largest absolute Gasteiger partial charge is 0.508 e. The molecule has 0 amide bonds. The number of benzene rings is 1. The zero-order chi connectivity index (χ0) is 14.4. The van der Waals surface area contributed by atoms with E-state index >= 15 is 0 Å². The maximum atomic E-state index is 11.3. The van der Waals surface area contributed by atoms with Crippen LogP contribution >= 0.6 is 0 Å². The van der Waals surface area contributed by atoms with Gasteiger partial charge in [-0.25, -0.2) is 4.79 Å². The average Bonchev–Trinajstić information content (AvgIpc) is 2.41. The standard InChI is InChI=1S/C15H21NO3/c1-5-16(9-8-12(3)15(18)19-4)14-10-13(17)7-6-11(14)2/h6-8,10,17H,5,9H2,1-4H3/b12-8-. The molecule has 0 saturated heterocycles. The molecular formula is C15H21NO3. The summed E-state index contributed by atoms with van der Waals surface area (Å²) in [6.45, 7) is 7.14. The predicted molar refractivity (Wildman–Crippen MR) is 76.5 cm³/mol. The van der Waals surface area contributed by atoms with Crippen LogP contribution in [-0.2, 0) is 9.53 Å². The van der Waals surface area contributed by atoms with Crippen molar-refractivity contribution in [2.75, 3.05) is 25.1 Å². The summed E-state index contributed by atoms with van der Waals surface area (Å²) in [5.74, 6) is -0.0728. The SMILES string of the molecule is CCN(C/C=C(/C)C(=O)OC)c1cc(O)ccc1C. The molecular weight excluding hydrogens is 242 g/mol. The monoisotopic (exact) mass is 263 g/mol. The zero-order valence-electron chi connectivity index (χ0n) is 11.9. The molecule has 1 aromatic rings. The Balaban J connectivity index is 2.90. The van der Waals surface area contributed by atoms with Crippen molar-refractivity contribution in [3.8, 4) is 5.75 Å². The fourth-order valence-electron chi connectivity index (χ4n) is 1.83. The normalized spacial score (nSPS) is 11.3. The van der Waals surface area contributed by atoms with E-state index in [4.69, 9.17) is 0 Å². The molecule has 0 bridgehead atoms. The number of aromatic hydroxyl groups is 1. The van der Waals surface area contributed by atoms with Gasteiger partial charge in [0.05, 0.1) is 7.11 Å². The smallest absolute Gasteiger partial charge is 0.333 e. The number of hydrogen-bond acceptors (Lipinski definition) is 4. The number of rotatable bonds is 5. The van der Waals surface area contributed by atoms with E-state index in [0.717, 1.165) is 17.8 Å². The topological polar surface area (TPSA) is 49.8 Å². The van der Waals surface area contributed by atoms with Gasteiger partial charge in [0.2, 0.25) is 0 Å². The lowest BCUT2D eigenvalue weighted by Crippen LogP contribution is -2.24. The minimum Gasteiger partial charge on any atom is -0.508 e. The summed E-state index contributed by atoms with van der Waals surface area (Å²) in [6.07, 6.45) is 1.83. The molecule has 0 unspecified atom stereocenters. The molecule has 1 N–H and O–H groups in total. The number of phenolic OH excluding ortho intramolecular Hbond substituents is 1. The molecule has 1 aromatic carbocycles. The summed E-state index contributed by atoms with van der Waals surface area (Å²) >= 11 is 0. The Morgan fingerprint density at radius 3 is 2.74 bits per heavy atom. The Morgan fingerprint density at radius 1 is 1.47 bits per heavy atom. The fraction of sp³-hybridized carbons (Fsp3) is 0.400. The first-order valence-corrected chi connectivity index (χ1v) is 6.29. The van der Waals surface area contributed by atoms with E-state index in [0.29, 0.717) is 12.1 Å². The highest BCUT2D eigenvalue weighted by Gasteiger charge is 2.09. The van der Waals surface area contributed by atoms with E-state index in [2.05, 4.69) is 9.64 Å². The molecule has 0 aliphatic rings. The van der Waals surface area contributed by atoms with Gasteiger partial charge in [0.15, 0.2) is 0 Å². The Labute approximate surface area is 114 Å². The Bertz CT molecular complexity index is 480. The third-order valence-corrected chi connectivity index (χ3v) is 3.04. The van der Waals surface area contributed by atoms with Crippen molar-refractivity contribution in [3.63, 3.8) is 0 Å². The van der Waals surface area contributed by atoms with Crippen LogP contribution in [0.25, 0.3) is 0 Å². The number of ether oxygens (including phenoxy) is 1. The molecule has 0 aliphatic heterocycles. The van der Waals surface area contributed by atoms with Crippen LogP contribution in [0.3, 0.4) is 0 Å². The number of carbonyl (C=O) groups excluding carboxylic acids is 1. The van der Waals surface area contributed by atoms with Crippen LogP contribution < -0.4 is 4.90 Å². The summed E-state index contributed by atoms with van der Waals surface area (Å²) in [7, 11) is 1.37. The van der Waals surface area contributed by atoms with Crippen LogP contribution in [0.5, 0.6) is 5.75 Å². The number of esters is 1. The van der Waals surface area contributed by atoms with Gasteiger partial charge < -0.3 is 14.7 Å². The van der Waals surface area contributed by atoms with Gasteiger partial charge in [0, 0.05) is 30.4 Å². The molecule has 4 nitrogen and oxygen atoms in total. The number of carbonyl (C=O) groups is 1. The van der Waals surface area contributed by atoms with Crippen molar-refractivity contribution >= 4 is 11.7 Å². The first kappa shape index (κ1) is 15.1. The highest BCUT2D eigenvalue weighted by molar-refractivity contribution is 5.87. The molecule has 4 heteroatoms. The predicted octanol–water partition coefficient (Wildman–Crippen LogP) is 2.65. The minimum atomic E-state index is -0.316. The van der Waals surface area contributed by atoms with Gasteiger partial charge >= 0.3 is 5.97 Å². The molecule has 0 heterocycles. The number of aryl methyl sites for hydroxylation is 1. The lowest BCUT2D eigenvalue weighted by molar-refractivity contribution is -0.136. The number of anilines is 1. The van der Waals surface area contributed by atoms with Crippen molar-refractivity contribution < 1.29 is 14.6 Å². The van der Waals surface area contributed by atoms with Gasteiger partial charge in [0.1, 0.15) is 5.75 Å². The van der Waals surface area contributed by atoms with E-state index < -0.39 is 0 Å². The van der Waals surface area contributed by atoms with E-state index in [1.165, 1.54) is 7.11 Å². The highest BCUT2D eigenvalue weighted by Crippen LogP contribution is 2.24. The summed E-state index contributed by atoms with van der Waals surface area (Å²) in [5.41, 5.74) is 2.64. The molecule has 0 atom stereocenters. The van der Waals surface area contributed by atoms with Crippen LogP contribution in [-0.4, -0.2) is 31.3 Å². The molecule has 0 aromatic heterocycles. The van der Waals surface area contributed by atoms with E-state index in [-0.39, 0.29) is 11.7 Å². The van der Waals surface area contributed by atoms with Gasteiger partial charge in [-0.3, -0.25) is 0 Å². The highest BCUT2D eigenvalue weighted by atomic mass is 16.5. The summed E-state index contributed by atoms with van der Waals surface area (Å²) < 4.78 is 4.66. The Hall–Kier alpha value is -1.97. The van der Waals surface area contributed by atoms with Crippen molar-refractivity contribution in [2.45, 2.75) is 20.8 Å².